The first-order valence-electron chi connectivity index (χ1n) is 7.50. The van der Waals surface area contributed by atoms with E-state index in [-0.39, 0.29) is 6.04 Å². The fourth-order valence-electron chi connectivity index (χ4n) is 2.08. The summed E-state index contributed by atoms with van der Waals surface area (Å²) in [6, 6.07) is 13.3. The Balaban J connectivity index is 2.03. The summed E-state index contributed by atoms with van der Waals surface area (Å²) in [7, 11) is 0. The Bertz CT molecular complexity index is 938. The van der Waals surface area contributed by atoms with Gasteiger partial charge in [-0.3, -0.25) is 4.99 Å². The Morgan fingerprint density at radius 3 is 2.67 bits per heavy atom. The summed E-state index contributed by atoms with van der Waals surface area (Å²) in [5.41, 5.74) is 2.39. The van der Waals surface area contributed by atoms with E-state index in [1.807, 2.05) is 43.5 Å². The van der Waals surface area contributed by atoms with Gasteiger partial charge in [-0.25, -0.2) is 4.68 Å². The molecule has 24 heavy (non-hydrogen) atoms. The standard InChI is InChI=1S/C18H16N4OS/c1-13(2)21-18-22(16(12-24-18)17-4-3-9-23-17)20-11-15-7-5-14(10-19)6-8-15/h3-9,11-13H,1-2H3. The van der Waals surface area contributed by atoms with E-state index < -0.39 is 0 Å². The molecule has 0 aliphatic rings. The van der Waals surface area contributed by atoms with E-state index in [1.54, 1.807) is 29.3 Å². The van der Waals surface area contributed by atoms with Crippen molar-refractivity contribution in [1.82, 2.24) is 4.68 Å². The van der Waals surface area contributed by atoms with Crippen LogP contribution in [0.4, 0.5) is 0 Å². The quantitative estimate of drug-likeness (QED) is 0.679. The summed E-state index contributed by atoms with van der Waals surface area (Å²) in [6.07, 6.45) is 3.39. The molecule has 0 radical (unpaired) electrons. The van der Waals surface area contributed by atoms with Gasteiger partial charge in [-0.05, 0) is 43.7 Å². The molecule has 0 saturated carbocycles. The molecule has 0 unspecified atom stereocenters. The van der Waals surface area contributed by atoms with Crippen molar-refractivity contribution >= 4 is 17.6 Å². The van der Waals surface area contributed by atoms with E-state index in [9.17, 15) is 0 Å². The minimum Gasteiger partial charge on any atom is -0.463 e. The van der Waals surface area contributed by atoms with Crippen LogP contribution in [0, 0.1) is 11.3 Å². The smallest absolute Gasteiger partial charge is 0.206 e. The van der Waals surface area contributed by atoms with E-state index >= 15 is 0 Å². The molecule has 2 heterocycles. The van der Waals surface area contributed by atoms with Crippen molar-refractivity contribution < 1.29 is 4.42 Å². The summed E-state index contributed by atoms with van der Waals surface area (Å²) < 4.78 is 7.27. The van der Waals surface area contributed by atoms with Gasteiger partial charge in [0.2, 0.25) is 4.80 Å². The molecule has 1 aromatic carbocycles. The van der Waals surface area contributed by atoms with Gasteiger partial charge in [-0.1, -0.05) is 12.1 Å². The van der Waals surface area contributed by atoms with Gasteiger partial charge in [0.25, 0.3) is 0 Å². The van der Waals surface area contributed by atoms with E-state index in [0.717, 1.165) is 21.8 Å². The number of rotatable bonds is 4. The van der Waals surface area contributed by atoms with Gasteiger partial charge in [-0.2, -0.15) is 10.4 Å². The molecule has 120 valence electrons. The third kappa shape index (κ3) is 3.53. The van der Waals surface area contributed by atoms with Gasteiger partial charge in [0.05, 0.1) is 24.1 Å². The molecule has 2 aromatic heterocycles. The monoisotopic (exact) mass is 336 g/mol. The number of aromatic nitrogens is 1. The Kier molecular flexibility index (Phi) is 4.73. The highest BCUT2D eigenvalue weighted by Crippen LogP contribution is 2.20. The van der Waals surface area contributed by atoms with Crippen LogP contribution in [0.25, 0.3) is 11.5 Å². The third-order valence-electron chi connectivity index (χ3n) is 3.19. The van der Waals surface area contributed by atoms with E-state index in [4.69, 9.17) is 9.68 Å². The van der Waals surface area contributed by atoms with E-state index in [0.29, 0.717) is 5.56 Å². The number of hydrogen-bond donors (Lipinski definition) is 0. The number of nitriles is 1. The summed E-state index contributed by atoms with van der Waals surface area (Å²) in [4.78, 5) is 5.42. The van der Waals surface area contributed by atoms with Crippen molar-refractivity contribution in [3.05, 3.63) is 64.0 Å². The van der Waals surface area contributed by atoms with Crippen molar-refractivity contribution in [1.29, 1.82) is 5.26 Å². The van der Waals surface area contributed by atoms with Crippen LogP contribution in [-0.4, -0.2) is 16.9 Å². The normalized spacial score (nSPS) is 12.2. The number of furan rings is 1. The lowest BCUT2D eigenvalue weighted by atomic mass is 10.2. The van der Waals surface area contributed by atoms with Crippen LogP contribution in [0.15, 0.2) is 62.6 Å². The second-order valence-corrected chi connectivity index (χ2v) is 6.23. The first-order valence-corrected chi connectivity index (χ1v) is 8.38. The van der Waals surface area contributed by atoms with Crippen molar-refractivity contribution in [2.24, 2.45) is 10.1 Å². The van der Waals surface area contributed by atoms with Crippen LogP contribution in [0.1, 0.15) is 25.0 Å². The first kappa shape index (κ1) is 16.0. The zero-order valence-corrected chi connectivity index (χ0v) is 14.2. The Morgan fingerprint density at radius 2 is 2.04 bits per heavy atom. The van der Waals surface area contributed by atoms with Crippen LogP contribution in [0.5, 0.6) is 0 Å². The van der Waals surface area contributed by atoms with Crippen molar-refractivity contribution in [3.8, 4) is 17.5 Å². The molecule has 0 N–H and O–H groups in total. The maximum atomic E-state index is 8.86. The van der Waals surface area contributed by atoms with Crippen LogP contribution in [0.2, 0.25) is 0 Å². The van der Waals surface area contributed by atoms with Gasteiger partial charge in [-0.15, -0.1) is 11.3 Å². The average molecular weight is 336 g/mol. The molecule has 6 heteroatoms. The predicted molar refractivity (Wildman–Crippen MR) is 94.9 cm³/mol. The van der Waals surface area contributed by atoms with Crippen molar-refractivity contribution in [3.63, 3.8) is 0 Å². The molecule has 0 atom stereocenters. The summed E-state index contributed by atoms with van der Waals surface area (Å²) >= 11 is 1.52. The topological polar surface area (TPSA) is 66.6 Å². The molecule has 0 spiro atoms. The summed E-state index contributed by atoms with van der Waals surface area (Å²) in [5.74, 6) is 0.744. The fraction of sp³-hybridized carbons (Fsp3) is 0.167. The second-order valence-electron chi connectivity index (χ2n) is 5.39. The van der Waals surface area contributed by atoms with Crippen LogP contribution in [-0.2, 0) is 0 Å². The predicted octanol–water partition coefficient (Wildman–Crippen LogP) is 3.87. The Labute approximate surface area is 143 Å². The van der Waals surface area contributed by atoms with E-state index in [2.05, 4.69) is 16.2 Å². The number of benzene rings is 1. The summed E-state index contributed by atoms with van der Waals surface area (Å²) in [6.45, 7) is 4.06. The molecular weight excluding hydrogens is 320 g/mol. The molecule has 0 fully saturated rings. The highest BCUT2D eigenvalue weighted by atomic mass is 32.1. The number of thiazole rings is 1. The van der Waals surface area contributed by atoms with Gasteiger partial charge in [0.15, 0.2) is 5.76 Å². The lowest BCUT2D eigenvalue weighted by Crippen LogP contribution is -2.14. The second kappa shape index (κ2) is 7.11. The molecular formula is C18H16N4OS. The number of hydrogen-bond acceptors (Lipinski definition) is 5. The lowest BCUT2D eigenvalue weighted by Gasteiger charge is -2.01. The highest BCUT2D eigenvalue weighted by molar-refractivity contribution is 7.07. The molecule has 0 amide bonds. The molecule has 0 aliphatic carbocycles. The Morgan fingerprint density at radius 1 is 1.25 bits per heavy atom. The fourth-order valence-corrected chi connectivity index (χ4v) is 3.03. The maximum Gasteiger partial charge on any atom is 0.206 e. The van der Waals surface area contributed by atoms with Crippen molar-refractivity contribution in [2.75, 3.05) is 0 Å². The van der Waals surface area contributed by atoms with Gasteiger partial charge >= 0.3 is 0 Å². The summed E-state index contributed by atoms with van der Waals surface area (Å²) in [5, 5.41) is 15.4. The van der Waals surface area contributed by atoms with Gasteiger partial charge < -0.3 is 4.42 Å². The lowest BCUT2D eigenvalue weighted by molar-refractivity contribution is 0.575. The highest BCUT2D eigenvalue weighted by Gasteiger charge is 2.10. The zero-order chi connectivity index (χ0) is 16.9. The molecule has 0 aliphatic heterocycles. The number of nitrogens with zero attached hydrogens (tertiary/aromatic N) is 4. The molecule has 3 rings (SSSR count). The SMILES string of the molecule is CC(C)N=c1scc(-c2ccco2)n1N=Cc1ccc(C#N)cc1. The minimum atomic E-state index is 0.171. The molecule has 0 saturated heterocycles. The molecule has 5 nitrogen and oxygen atoms in total. The van der Waals surface area contributed by atoms with Crippen LogP contribution < -0.4 is 4.80 Å². The van der Waals surface area contributed by atoms with Crippen LogP contribution in [0.3, 0.4) is 0 Å². The average Bonchev–Trinajstić information content (AvgIpc) is 3.22. The molecule has 3 aromatic rings. The largest absolute Gasteiger partial charge is 0.463 e. The first-order chi connectivity index (χ1) is 11.7. The van der Waals surface area contributed by atoms with Crippen molar-refractivity contribution in [2.45, 2.75) is 19.9 Å². The minimum absolute atomic E-state index is 0.171. The van der Waals surface area contributed by atoms with Gasteiger partial charge in [0, 0.05) is 11.4 Å². The van der Waals surface area contributed by atoms with Crippen LogP contribution >= 0.6 is 11.3 Å². The third-order valence-corrected chi connectivity index (χ3v) is 4.02. The van der Waals surface area contributed by atoms with E-state index in [1.165, 1.54) is 11.3 Å². The maximum absolute atomic E-state index is 8.86. The Hall–Kier alpha value is -2.91. The van der Waals surface area contributed by atoms with Gasteiger partial charge in [0.1, 0.15) is 5.69 Å². The molecule has 0 bridgehead atoms. The zero-order valence-electron chi connectivity index (χ0n) is 13.4.